The van der Waals surface area contributed by atoms with Gasteiger partial charge >= 0.3 is 5.97 Å². The molecule has 0 radical (unpaired) electrons. The van der Waals surface area contributed by atoms with Crippen LogP contribution in [0.15, 0.2) is 143 Å². The van der Waals surface area contributed by atoms with E-state index in [1.807, 2.05) is 103 Å². The summed E-state index contributed by atoms with van der Waals surface area (Å²) >= 11 is 1.25. The van der Waals surface area contributed by atoms with E-state index in [0.717, 1.165) is 22.3 Å². The van der Waals surface area contributed by atoms with E-state index < -0.39 is 22.6 Å². The fourth-order valence-corrected chi connectivity index (χ4v) is 6.39. The van der Waals surface area contributed by atoms with E-state index in [1.165, 1.54) is 28.3 Å². The summed E-state index contributed by atoms with van der Waals surface area (Å²) in [5.74, 6) is -0.548. The Morgan fingerprint density at radius 2 is 1.48 bits per heavy atom. The summed E-state index contributed by atoms with van der Waals surface area (Å²) in [5.41, 5.74) is 2.49. The summed E-state index contributed by atoms with van der Waals surface area (Å²) in [5, 5.41) is 19.8. The molecular weight excluding hydrogens is 681 g/mol. The van der Waals surface area contributed by atoms with Crippen molar-refractivity contribution in [2.75, 3.05) is 19.0 Å². The van der Waals surface area contributed by atoms with Crippen LogP contribution in [0.25, 0.3) is 0 Å². The van der Waals surface area contributed by atoms with Gasteiger partial charge in [-0.05, 0) is 41.3 Å². The standard InChI is InChI=1S/C40H36N4O7S/c1-3-51-44-24-36(49-25-28-19-21-33(48-2)22-20-28)35(45)23-32(44)26-50-43-37(38(46)47)34-27-52-39(41-34)42-40(29-13-7-4-8-14-29,30-15-9-5-10-16-30)31-17-11-6-12-18-31/h4-24,27H,3,25-26H2,1-2H3,(H,41,42)(H,46,47). The minimum Gasteiger partial charge on any atom is -0.497 e. The number of thiazole rings is 1. The Kier molecular flexibility index (Phi) is 11.3. The zero-order valence-corrected chi connectivity index (χ0v) is 29.3. The van der Waals surface area contributed by atoms with Crippen LogP contribution in [-0.2, 0) is 28.4 Å². The lowest BCUT2D eigenvalue weighted by atomic mass is 9.77. The molecule has 0 fully saturated rings. The number of nitrogens with zero attached hydrogens (tertiary/aromatic N) is 3. The number of benzene rings is 4. The maximum atomic E-state index is 13.0. The molecule has 0 aliphatic rings. The average molecular weight is 717 g/mol. The predicted octanol–water partition coefficient (Wildman–Crippen LogP) is 6.75. The number of carboxylic acid groups (broad SMARTS) is 1. The number of aromatic nitrogens is 2. The molecule has 0 unspecified atom stereocenters. The molecule has 2 aromatic heterocycles. The summed E-state index contributed by atoms with van der Waals surface area (Å²) in [4.78, 5) is 41.2. The number of rotatable bonds is 16. The van der Waals surface area contributed by atoms with Crippen molar-refractivity contribution in [1.82, 2.24) is 9.71 Å². The number of hydrogen-bond acceptors (Lipinski definition) is 10. The Morgan fingerprint density at radius 1 is 0.885 bits per heavy atom. The van der Waals surface area contributed by atoms with Crippen LogP contribution in [0, 0.1) is 0 Å². The molecule has 0 bridgehead atoms. The van der Waals surface area contributed by atoms with Crippen molar-refractivity contribution in [2.45, 2.75) is 25.7 Å². The molecule has 0 atom stereocenters. The Morgan fingerprint density at radius 3 is 2.02 bits per heavy atom. The number of carbonyl (C=O) groups is 1. The first kappa shape index (κ1) is 35.4. The van der Waals surface area contributed by atoms with Crippen LogP contribution < -0.4 is 25.1 Å². The van der Waals surface area contributed by atoms with Gasteiger partial charge in [-0.2, -0.15) is 4.73 Å². The third-order valence-corrected chi connectivity index (χ3v) is 8.87. The number of nitrogens with one attached hydrogen (secondary N) is 1. The van der Waals surface area contributed by atoms with Gasteiger partial charge in [-0.25, -0.2) is 9.78 Å². The number of hydrogen-bond donors (Lipinski definition) is 2. The zero-order valence-electron chi connectivity index (χ0n) is 28.5. The second kappa shape index (κ2) is 16.5. The topological polar surface area (TPSA) is 134 Å². The van der Waals surface area contributed by atoms with Crippen molar-refractivity contribution in [2.24, 2.45) is 5.16 Å². The first-order chi connectivity index (χ1) is 25.4. The molecule has 4 aromatic carbocycles. The fraction of sp³-hybridized carbons (Fsp3) is 0.150. The number of oxime groups is 1. The molecule has 6 rings (SSSR count). The van der Waals surface area contributed by atoms with Gasteiger partial charge < -0.3 is 29.6 Å². The van der Waals surface area contributed by atoms with Crippen molar-refractivity contribution in [3.8, 4) is 11.5 Å². The molecule has 2 heterocycles. The fourth-order valence-electron chi connectivity index (χ4n) is 5.63. The quantitative estimate of drug-likeness (QED) is 0.0634. The number of methoxy groups -OCH3 is 1. The third-order valence-electron chi connectivity index (χ3n) is 8.11. The number of aliphatic carboxylic acids is 1. The highest BCUT2D eigenvalue weighted by molar-refractivity contribution is 7.14. The Hall–Kier alpha value is -6.40. The summed E-state index contributed by atoms with van der Waals surface area (Å²) in [6.45, 7) is 1.96. The lowest BCUT2D eigenvalue weighted by molar-refractivity contribution is -0.129. The molecular formula is C40H36N4O7S. The van der Waals surface area contributed by atoms with Crippen molar-refractivity contribution in [3.05, 3.63) is 177 Å². The van der Waals surface area contributed by atoms with E-state index >= 15 is 0 Å². The molecule has 6 aromatic rings. The van der Waals surface area contributed by atoms with Crippen LogP contribution in [0.2, 0.25) is 0 Å². The minimum atomic E-state index is -1.33. The highest BCUT2D eigenvalue weighted by Gasteiger charge is 2.37. The first-order valence-electron chi connectivity index (χ1n) is 16.4. The molecule has 0 spiro atoms. The summed E-state index contributed by atoms with van der Waals surface area (Å²) < 4.78 is 12.3. The van der Waals surface area contributed by atoms with Crippen molar-refractivity contribution in [3.63, 3.8) is 0 Å². The Balaban J connectivity index is 1.24. The van der Waals surface area contributed by atoms with Gasteiger partial charge in [-0.15, -0.1) is 11.3 Å². The molecule has 2 N–H and O–H groups in total. The SMILES string of the molecule is CCOn1cc(OCc2ccc(OC)cc2)c(=O)cc1CON=C(C(=O)O)c1csc(NC(c2ccccc2)(c2ccccc2)c2ccccc2)n1. The van der Waals surface area contributed by atoms with Crippen LogP contribution in [-0.4, -0.2) is 40.2 Å². The number of carboxylic acids is 1. The van der Waals surface area contributed by atoms with Gasteiger partial charge in [0.1, 0.15) is 35.9 Å². The predicted molar refractivity (Wildman–Crippen MR) is 199 cm³/mol. The molecule has 12 heteroatoms. The summed E-state index contributed by atoms with van der Waals surface area (Å²) in [7, 11) is 1.59. The van der Waals surface area contributed by atoms with E-state index in [-0.39, 0.29) is 31.3 Å². The third kappa shape index (κ3) is 7.98. The van der Waals surface area contributed by atoms with E-state index in [1.54, 1.807) is 31.5 Å². The molecule has 0 amide bonds. The second-order valence-electron chi connectivity index (χ2n) is 11.4. The molecule has 0 saturated carbocycles. The Labute approximate surface area is 304 Å². The van der Waals surface area contributed by atoms with Gasteiger partial charge in [0.05, 0.1) is 13.3 Å². The van der Waals surface area contributed by atoms with Crippen molar-refractivity contribution >= 4 is 28.1 Å². The lowest BCUT2D eigenvalue weighted by Crippen LogP contribution is -2.38. The summed E-state index contributed by atoms with van der Waals surface area (Å²) in [6, 6.07) is 38.6. The minimum absolute atomic E-state index is 0.0721. The second-order valence-corrected chi connectivity index (χ2v) is 12.3. The van der Waals surface area contributed by atoms with Crippen LogP contribution in [0.3, 0.4) is 0 Å². The smallest absolute Gasteiger partial charge is 0.360 e. The van der Waals surface area contributed by atoms with Gasteiger partial charge in [-0.3, -0.25) is 4.79 Å². The Bertz CT molecular complexity index is 2070. The van der Waals surface area contributed by atoms with Crippen LogP contribution >= 0.6 is 11.3 Å². The molecule has 0 aliphatic carbocycles. The largest absolute Gasteiger partial charge is 0.497 e. The first-order valence-corrected chi connectivity index (χ1v) is 17.3. The maximum Gasteiger partial charge on any atom is 0.360 e. The molecule has 264 valence electrons. The molecule has 0 saturated heterocycles. The van der Waals surface area contributed by atoms with Gasteiger partial charge in [0.2, 0.25) is 11.1 Å². The van der Waals surface area contributed by atoms with Crippen molar-refractivity contribution in [1.29, 1.82) is 0 Å². The number of pyridine rings is 1. The van der Waals surface area contributed by atoms with Gasteiger partial charge in [0, 0.05) is 11.4 Å². The number of anilines is 1. The lowest BCUT2D eigenvalue weighted by Gasteiger charge is -2.36. The van der Waals surface area contributed by atoms with Crippen LogP contribution in [0.4, 0.5) is 5.13 Å². The molecule has 0 aliphatic heterocycles. The molecule has 52 heavy (non-hydrogen) atoms. The van der Waals surface area contributed by atoms with Crippen LogP contribution in [0.1, 0.15) is 40.6 Å². The van der Waals surface area contributed by atoms with E-state index in [2.05, 4.69) is 15.5 Å². The van der Waals surface area contributed by atoms with E-state index in [0.29, 0.717) is 16.6 Å². The normalized spacial score (nSPS) is 11.5. The van der Waals surface area contributed by atoms with Crippen molar-refractivity contribution < 1.29 is 29.0 Å². The highest BCUT2D eigenvalue weighted by Crippen LogP contribution is 2.40. The summed E-state index contributed by atoms with van der Waals surface area (Å²) in [6.07, 6.45) is 1.42. The highest BCUT2D eigenvalue weighted by atomic mass is 32.1. The molecule has 11 nitrogen and oxygen atoms in total. The van der Waals surface area contributed by atoms with Gasteiger partial charge in [0.25, 0.3) is 0 Å². The zero-order chi connectivity index (χ0) is 36.3. The van der Waals surface area contributed by atoms with Crippen LogP contribution in [0.5, 0.6) is 11.5 Å². The van der Waals surface area contributed by atoms with Gasteiger partial charge in [-0.1, -0.05) is 108 Å². The van der Waals surface area contributed by atoms with E-state index in [4.69, 9.17) is 19.1 Å². The monoisotopic (exact) mass is 716 g/mol. The van der Waals surface area contributed by atoms with Gasteiger partial charge in [0.15, 0.2) is 17.5 Å². The number of ether oxygens (including phenoxy) is 2. The average Bonchev–Trinajstić information content (AvgIpc) is 3.64. The maximum absolute atomic E-state index is 13.0. The van der Waals surface area contributed by atoms with E-state index in [9.17, 15) is 14.7 Å².